The van der Waals surface area contributed by atoms with Crippen LogP contribution in [0.2, 0.25) is 0 Å². The summed E-state index contributed by atoms with van der Waals surface area (Å²) in [6.45, 7) is 9.00. The van der Waals surface area contributed by atoms with Crippen LogP contribution in [-0.4, -0.2) is 42.1 Å². The van der Waals surface area contributed by atoms with Crippen LogP contribution in [0.15, 0.2) is 52.3 Å². The predicted octanol–water partition coefficient (Wildman–Crippen LogP) is 5.45. The normalized spacial score (nSPS) is 17.1. The van der Waals surface area contributed by atoms with Gasteiger partial charge >= 0.3 is 0 Å². The minimum Gasteiger partial charge on any atom is -0.376 e. The number of benzene rings is 2. The Morgan fingerprint density at radius 2 is 1.86 bits per heavy atom. The minimum absolute atomic E-state index is 0.409. The second kappa shape index (κ2) is 8.85. The quantitative estimate of drug-likeness (QED) is 0.635. The first kappa shape index (κ1) is 19.7. The summed E-state index contributed by atoms with van der Waals surface area (Å²) in [5.41, 5.74) is 3.71. The Morgan fingerprint density at radius 3 is 2.64 bits per heavy atom. The van der Waals surface area contributed by atoms with Crippen LogP contribution in [0.5, 0.6) is 0 Å². The van der Waals surface area contributed by atoms with Gasteiger partial charge in [-0.05, 0) is 63.5 Å². The lowest BCUT2D eigenvalue weighted by Gasteiger charge is -2.39. The van der Waals surface area contributed by atoms with Gasteiger partial charge in [-0.1, -0.05) is 49.1 Å². The molecule has 1 saturated heterocycles. The van der Waals surface area contributed by atoms with Crippen molar-refractivity contribution in [3.63, 3.8) is 0 Å². The molecule has 3 nitrogen and oxygen atoms in total. The van der Waals surface area contributed by atoms with E-state index in [2.05, 4.69) is 71.4 Å². The number of nitrogens with zero attached hydrogens (tertiary/aromatic N) is 2. The van der Waals surface area contributed by atoms with Gasteiger partial charge in [0.1, 0.15) is 4.99 Å². The van der Waals surface area contributed by atoms with Crippen molar-refractivity contribution in [2.75, 3.05) is 31.1 Å². The molecule has 2 aromatic rings. The first-order chi connectivity index (χ1) is 13.7. The van der Waals surface area contributed by atoms with E-state index in [0.29, 0.717) is 6.04 Å². The molecule has 2 aromatic carbocycles. The van der Waals surface area contributed by atoms with Gasteiger partial charge in [0.05, 0.1) is 11.4 Å². The zero-order valence-electron chi connectivity index (χ0n) is 16.8. The molecular formula is C23H29N3S2. The zero-order valence-corrected chi connectivity index (χ0v) is 18.4. The van der Waals surface area contributed by atoms with Gasteiger partial charge in [-0.25, -0.2) is 0 Å². The maximum atomic E-state index is 5.64. The Morgan fingerprint density at radius 1 is 1.11 bits per heavy atom. The highest BCUT2D eigenvalue weighted by molar-refractivity contribution is 7.99. The van der Waals surface area contributed by atoms with E-state index in [9.17, 15) is 0 Å². The fourth-order valence-corrected chi connectivity index (χ4v) is 5.44. The number of thiocarbonyl (C=S) groups is 1. The van der Waals surface area contributed by atoms with Crippen molar-refractivity contribution in [2.24, 2.45) is 0 Å². The van der Waals surface area contributed by atoms with Crippen molar-refractivity contribution in [1.29, 1.82) is 0 Å². The van der Waals surface area contributed by atoms with Gasteiger partial charge in [0.25, 0.3) is 0 Å². The van der Waals surface area contributed by atoms with Gasteiger partial charge in [-0.2, -0.15) is 0 Å². The molecule has 0 saturated carbocycles. The molecule has 4 rings (SSSR count). The largest absolute Gasteiger partial charge is 0.376 e. The molecular weight excluding hydrogens is 382 g/mol. The van der Waals surface area contributed by atoms with Crippen LogP contribution in [0.4, 0.5) is 11.4 Å². The molecule has 148 valence electrons. The summed E-state index contributed by atoms with van der Waals surface area (Å²) in [4.78, 5) is 8.63. The van der Waals surface area contributed by atoms with Gasteiger partial charge in [-0.15, -0.1) is 0 Å². The fraction of sp³-hybridized carbons (Fsp3) is 0.435. The second-order valence-electron chi connectivity index (χ2n) is 7.73. The number of hydrogen-bond acceptors (Lipinski definition) is 4. The number of fused-ring (bicyclic) bond motifs is 2. The molecule has 1 fully saturated rings. The standard InChI is InChI=1S/C23H29N3S2/c1-3-12-24-23(27)18-10-11-22-20(15-18)26(17(2)16-25-13-6-7-14-25)19-8-4-5-9-21(19)28-22/h4-5,8-11,15,17H,3,6-7,12-14,16H2,1-2H3,(H,24,27)/t17-/m1/s1. The highest BCUT2D eigenvalue weighted by atomic mass is 32.2. The van der Waals surface area contributed by atoms with Crippen LogP contribution in [0.1, 0.15) is 38.7 Å². The third-order valence-electron chi connectivity index (χ3n) is 5.52. The Balaban J connectivity index is 1.68. The summed E-state index contributed by atoms with van der Waals surface area (Å²) >= 11 is 7.51. The number of nitrogens with one attached hydrogen (secondary N) is 1. The van der Waals surface area contributed by atoms with Crippen LogP contribution in [-0.2, 0) is 0 Å². The zero-order chi connectivity index (χ0) is 19.5. The third-order valence-corrected chi connectivity index (χ3v) is 7.03. The fourth-order valence-electron chi connectivity index (χ4n) is 4.16. The Bertz CT molecular complexity index is 845. The van der Waals surface area contributed by atoms with Crippen LogP contribution >= 0.6 is 24.0 Å². The molecule has 0 aromatic heterocycles. The monoisotopic (exact) mass is 411 g/mol. The summed E-state index contributed by atoms with van der Waals surface area (Å²) in [6.07, 6.45) is 3.74. The Kier molecular flexibility index (Phi) is 6.24. The van der Waals surface area contributed by atoms with Crippen molar-refractivity contribution in [1.82, 2.24) is 10.2 Å². The average Bonchev–Trinajstić information content (AvgIpc) is 3.22. The predicted molar refractivity (Wildman–Crippen MR) is 124 cm³/mol. The van der Waals surface area contributed by atoms with Crippen molar-refractivity contribution in [3.8, 4) is 0 Å². The van der Waals surface area contributed by atoms with Crippen molar-refractivity contribution in [3.05, 3.63) is 48.0 Å². The molecule has 0 spiro atoms. The van der Waals surface area contributed by atoms with Gasteiger partial charge in [-0.3, -0.25) is 0 Å². The maximum absolute atomic E-state index is 5.64. The average molecular weight is 412 g/mol. The minimum atomic E-state index is 0.409. The van der Waals surface area contributed by atoms with E-state index >= 15 is 0 Å². The molecule has 0 radical (unpaired) electrons. The van der Waals surface area contributed by atoms with Crippen molar-refractivity contribution in [2.45, 2.75) is 48.9 Å². The van der Waals surface area contributed by atoms with Crippen LogP contribution in [0, 0.1) is 0 Å². The summed E-state index contributed by atoms with van der Waals surface area (Å²) in [5, 5.41) is 3.38. The number of hydrogen-bond donors (Lipinski definition) is 1. The van der Waals surface area contributed by atoms with Gasteiger partial charge in [0.15, 0.2) is 0 Å². The molecule has 0 unspecified atom stereocenters. The molecule has 1 N–H and O–H groups in total. The molecule has 5 heteroatoms. The van der Waals surface area contributed by atoms with Crippen LogP contribution in [0.3, 0.4) is 0 Å². The highest BCUT2D eigenvalue weighted by Gasteiger charge is 2.29. The smallest absolute Gasteiger partial charge is 0.106 e. The van der Waals surface area contributed by atoms with Gasteiger partial charge in [0.2, 0.25) is 0 Å². The third kappa shape index (κ3) is 4.07. The van der Waals surface area contributed by atoms with E-state index in [1.54, 1.807) is 0 Å². The molecule has 1 atom stereocenters. The number of likely N-dealkylation sites (tertiary alicyclic amines) is 1. The number of rotatable bonds is 6. The van der Waals surface area contributed by atoms with Crippen molar-refractivity contribution >= 4 is 40.3 Å². The van der Waals surface area contributed by atoms with E-state index in [4.69, 9.17) is 12.2 Å². The molecule has 2 aliphatic heterocycles. The number of para-hydroxylation sites is 1. The van der Waals surface area contributed by atoms with Gasteiger partial charge < -0.3 is 15.1 Å². The molecule has 0 amide bonds. The van der Waals surface area contributed by atoms with E-state index < -0.39 is 0 Å². The summed E-state index contributed by atoms with van der Waals surface area (Å²) in [7, 11) is 0. The lowest BCUT2D eigenvalue weighted by molar-refractivity contribution is 0.319. The van der Waals surface area contributed by atoms with Crippen LogP contribution < -0.4 is 10.2 Å². The van der Waals surface area contributed by atoms with Crippen molar-refractivity contribution < 1.29 is 0 Å². The second-order valence-corrected chi connectivity index (χ2v) is 9.23. The molecule has 0 aliphatic carbocycles. The summed E-state index contributed by atoms with van der Waals surface area (Å²) in [5.74, 6) is 0. The molecule has 0 bridgehead atoms. The summed E-state index contributed by atoms with van der Waals surface area (Å²) < 4.78 is 0. The summed E-state index contributed by atoms with van der Waals surface area (Å²) in [6, 6.07) is 15.9. The molecule has 2 aliphatic rings. The Hall–Kier alpha value is -1.56. The van der Waals surface area contributed by atoms with E-state index in [1.165, 1.54) is 47.1 Å². The topological polar surface area (TPSA) is 18.5 Å². The highest BCUT2D eigenvalue weighted by Crippen LogP contribution is 2.49. The SMILES string of the molecule is CCCNC(=S)c1ccc2c(c1)N([C@H](C)CN1CCCC1)c1ccccc1S2. The van der Waals surface area contributed by atoms with E-state index in [1.807, 2.05) is 11.8 Å². The van der Waals surface area contributed by atoms with Gasteiger partial charge in [0, 0.05) is 34.5 Å². The first-order valence-corrected chi connectivity index (χ1v) is 11.6. The van der Waals surface area contributed by atoms with E-state index in [0.717, 1.165) is 30.1 Å². The maximum Gasteiger partial charge on any atom is 0.106 e. The molecule has 28 heavy (non-hydrogen) atoms. The number of anilines is 2. The Labute approximate surface area is 178 Å². The van der Waals surface area contributed by atoms with Crippen LogP contribution in [0.25, 0.3) is 0 Å². The first-order valence-electron chi connectivity index (χ1n) is 10.4. The lowest BCUT2D eigenvalue weighted by atomic mass is 10.1. The lowest BCUT2D eigenvalue weighted by Crippen LogP contribution is -2.40. The van der Waals surface area contributed by atoms with E-state index in [-0.39, 0.29) is 0 Å². The molecule has 2 heterocycles.